The van der Waals surface area contributed by atoms with Gasteiger partial charge in [-0.3, -0.25) is 19.5 Å². The molecule has 2 aromatic rings. The Hall–Kier alpha value is -1.74. The SMILES string of the molecule is COP(=O)(CC(OC(C)=O)c1cc(NCC(=O)NC(=O)OCc2ccccc2)c(I)cc1I)OC. The van der Waals surface area contributed by atoms with Gasteiger partial charge in [-0.1, -0.05) is 30.3 Å². The summed E-state index contributed by atoms with van der Waals surface area (Å²) >= 11 is 4.16. The van der Waals surface area contributed by atoms with Crippen LogP contribution < -0.4 is 10.6 Å². The maximum absolute atomic E-state index is 12.7. The van der Waals surface area contributed by atoms with Crippen LogP contribution in [0.2, 0.25) is 0 Å². The lowest BCUT2D eigenvalue weighted by molar-refractivity contribution is -0.145. The Morgan fingerprint density at radius 2 is 1.69 bits per heavy atom. The highest BCUT2D eigenvalue weighted by molar-refractivity contribution is 14.1. The van der Waals surface area contributed by atoms with E-state index in [0.717, 1.165) is 12.7 Å². The van der Waals surface area contributed by atoms with E-state index in [1.807, 2.05) is 24.3 Å². The molecule has 0 aromatic heterocycles. The molecule has 0 aliphatic heterocycles. The molecule has 0 spiro atoms. The van der Waals surface area contributed by atoms with Gasteiger partial charge < -0.3 is 23.8 Å². The van der Waals surface area contributed by atoms with Gasteiger partial charge in [0.25, 0.3) is 0 Å². The van der Waals surface area contributed by atoms with Crippen molar-refractivity contribution in [3.63, 3.8) is 0 Å². The van der Waals surface area contributed by atoms with Crippen molar-refractivity contribution in [2.45, 2.75) is 19.6 Å². The number of imide groups is 1. The van der Waals surface area contributed by atoms with Gasteiger partial charge in [0.15, 0.2) is 0 Å². The fourth-order valence-electron chi connectivity index (χ4n) is 2.87. The van der Waals surface area contributed by atoms with Crippen molar-refractivity contribution in [3.05, 3.63) is 60.7 Å². The smallest absolute Gasteiger partial charge is 0.414 e. The zero-order valence-corrected chi connectivity index (χ0v) is 24.4. The van der Waals surface area contributed by atoms with Crippen molar-refractivity contribution >= 4 is 76.4 Å². The van der Waals surface area contributed by atoms with Crippen LogP contribution in [0.25, 0.3) is 0 Å². The van der Waals surface area contributed by atoms with Crippen LogP contribution in [0.3, 0.4) is 0 Å². The Morgan fingerprint density at radius 1 is 1.03 bits per heavy atom. The highest BCUT2D eigenvalue weighted by atomic mass is 127. The number of esters is 1. The van der Waals surface area contributed by atoms with Crippen LogP contribution in [-0.4, -0.2) is 44.9 Å². The molecule has 2 N–H and O–H groups in total. The molecular weight excluding hydrogens is 705 g/mol. The van der Waals surface area contributed by atoms with Gasteiger partial charge in [-0.15, -0.1) is 0 Å². The number of carbonyl (C=O) groups excluding carboxylic acids is 3. The third-order valence-corrected chi connectivity index (χ3v) is 8.30. The summed E-state index contributed by atoms with van der Waals surface area (Å²) in [7, 11) is -0.991. The molecule has 0 bridgehead atoms. The predicted molar refractivity (Wildman–Crippen MR) is 146 cm³/mol. The lowest BCUT2D eigenvalue weighted by atomic mass is 10.1. The molecular formula is C22H25I2N2O8P. The van der Waals surface area contributed by atoms with Gasteiger partial charge in [0.2, 0.25) is 5.91 Å². The fraction of sp³-hybridized carbons (Fsp3) is 0.318. The Morgan fingerprint density at radius 3 is 2.29 bits per heavy atom. The van der Waals surface area contributed by atoms with E-state index in [2.05, 4.69) is 55.8 Å². The van der Waals surface area contributed by atoms with Gasteiger partial charge in [0, 0.05) is 39.5 Å². The molecule has 10 nitrogen and oxygen atoms in total. The summed E-state index contributed by atoms with van der Waals surface area (Å²) in [5.74, 6) is -1.16. The minimum absolute atomic E-state index is 0.0378. The number of alkyl carbamates (subject to hydrolysis) is 1. The summed E-state index contributed by atoms with van der Waals surface area (Å²) in [6.07, 6.45) is -1.96. The number of rotatable bonds is 11. The van der Waals surface area contributed by atoms with Crippen LogP contribution in [0.15, 0.2) is 42.5 Å². The average Bonchev–Trinajstić information content (AvgIpc) is 2.82. The first kappa shape index (κ1) is 29.5. The normalized spacial score (nSPS) is 11.9. The largest absolute Gasteiger partial charge is 0.457 e. The van der Waals surface area contributed by atoms with E-state index in [1.54, 1.807) is 18.2 Å². The summed E-state index contributed by atoms with van der Waals surface area (Å²) in [6.45, 7) is 1.07. The molecule has 0 radical (unpaired) electrons. The quantitative estimate of drug-likeness (QED) is 0.190. The molecule has 0 saturated heterocycles. The second-order valence-electron chi connectivity index (χ2n) is 7.07. The number of benzene rings is 2. The molecule has 0 heterocycles. The number of amides is 2. The van der Waals surface area contributed by atoms with E-state index in [1.165, 1.54) is 21.1 Å². The predicted octanol–water partition coefficient (Wildman–Crippen LogP) is 4.85. The van der Waals surface area contributed by atoms with E-state index < -0.39 is 31.7 Å². The second kappa shape index (κ2) is 14.1. The highest BCUT2D eigenvalue weighted by Gasteiger charge is 2.31. The van der Waals surface area contributed by atoms with Gasteiger partial charge in [0.05, 0.1) is 12.7 Å². The first-order valence-corrected chi connectivity index (χ1v) is 14.1. The van der Waals surface area contributed by atoms with E-state index in [4.69, 9.17) is 18.5 Å². The standard InChI is InChI=1S/C22H25I2N2O8P/c1-14(27)34-20(13-35(30,31-2)32-3)16-9-19(18(24)10-17(16)23)25-11-21(28)26-22(29)33-12-15-7-5-4-6-8-15/h4-10,20,25H,11-13H2,1-3H3,(H,26,28,29). The topological polar surface area (TPSA) is 129 Å². The minimum Gasteiger partial charge on any atom is -0.457 e. The molecule has 1 atom stereocenters. The number of hydrogen-bond acceptors (Lipinski definition) is 9. The van der Waals surface area contributed by atoms with E-state index in [-0.39, 0.29) is 19.3 Å². The molecule has 13 heteroatoms. The first-order valence-electron chi connectivity index (χ1n) is 10.2. The van der Waals surface area contributed by atoms with E-state index >= 15 is 0 Å². The second-order valence-corrected chi connectivity index (χ2v) is 11.7. The van der Waals surface area contributed by atoms with Gasteiger partial charge in [-0.2, -0.15) is 0 Å². The molecule has 35 heavy (non-hydrogen) atoms. The monoisotopic (exact) mass is 730 g/mol. The molecule has 2 aromatic carbocycles. The number of ether oxygens (including phenoxy) is 2. The van der Waals surface area contributed by atoms with E-state index in [9.17, 15) is 18.9 Å². The van der Waals surface area contributed by atoms with Crippen molar-refractivity contribution in [2.24, 2.45) is 0 Å². The van der Waals surface area contributed by atoms with Crippen LogP contribution in [0, 0.1) is 7.14 Å². The summed E-state index contributed by atoms with van der Waals surface area (Å²) < 4.78 is 34.7. The molecule has 190 valence electrons. The maximum Gasteiger partial charge on any atom is 0.414 e. The summed E-state index contributed by atoms with van der Waals surface area (Å²) in [5.41, 5.74) is 1.90. The lowest BCUT2D eigenvalue weighted by Crippen LogP contribution is -2.35. The molecule has 0 aliphatic carbocycles. The number of hydrogen-bond donors (Lipinski definition) is 2. The summed E-state index contributed by atoms with van der Waals surface area (Å²) in [5, 5.41) is 5.11. The Bertz CT molecular complexity index is 1090. The number of anilines is 1. The van der Waals surface area contributed by atoms with Crippen LogP contribution >= 0.6 is 52.8 Å². The fourth-order valence-corrected chi connectivity index (χ4v) is 6.06. The maximum atomic E-state index is 12.7. The van der Waals surface area contributed by atoms with Crippen LogP contribution in [0.4, 0.5) is 10.5 Å². The van der Waals surface area contributed by atoms with Crippen LogP contribution in [0.5, 0.6) is 0 Å². The minimum atomic E-state index is -3.50. The Balaban J connectivity index is 2.08. The molecule has 0 fully saturated rings. The zero-order chi connectivity index (χ0) is 26.0. The van der Waals surface area contributed by atoms with Crippen molar-refractivity contribution < 1.29 is 37.5 Å². The Kier molecular flexibility index (Phi) is 11.9. The highest BCUT2D eigenvalue weighted by Crippen LogP contribution is 2.50. The number of carbonyl (C=O) groups is 3. The lowest BCUT2D eigenvalue weighted by Gasteiger charge is -2.23. The Labute approximate surface area is 230 Å². The van der Waals surface area contributed by atoms with Crippen molar-refractivity contribution in [3.8, 4) is 0 Å². The van der Waals surface area contributed by atoms with Crippen molar-refractivity contribution in [2.75, 3.05) is 32.2 Å². The molecule has 2 rings (SSSR count). The third-order valence-electron chi connectivity index (χ3n) is 4.58. The van der Waals surface area contributed by atoms with Crippen LogP contribution in [-0.2, 0) is 39.3 Å². The summed E-state index contributed by atoms with van der Waals surface area (Å²) in [6, 6.07) is 12.6. The average molecular weight is 730 g/mol. The number of halogens is 2. The molecule has 0 aliphatic rings. The van der Waals surface area contributed by atoms with Gasteiger partial charge in [-0.25, -0.2) is 4.79 Å². The molecule has 1 unspecified atom stereocenters. The van der Waals surface area contributed by atoms with E-state index in [0.29, 0.717) is 11.3 Å². The van der Waals surface area contributed by atoms with Crippen LogP contribution in [0.1, 0.15) is 24.2 Å². The van der Waals surface area contributed by atoms with Gasteiger partial charge in [0.1, 0.15) is 12.7 Å². The summed E-state index contributed by atoms with van der Waals surface area (Å²) in [4.78, 5) is 35.8. The van der Waals surface area contributed by atoms with Gasteiger partial charge in [-0.05, 0) is 62.9 Å². The molecule has 0 saturated carbocycles. The van der Waals surface area contributed by atoms with Gasteiger partial charge >= 0.3 is 19.7 Å². The van der Waals surface area contributed by atoms with Crippen molar-refractivity contribution in [1.29, 1.82) is 0 Å². The molecule has 2 amide bonds. The van der Waals surface area contributed by atoms with Crippen molar-refractivity contribution in [1.82, 2.24) is 5.32 Å². The zero-order valence-electron chi connectivity index (χ0n) is 19.2. The first-order chi connectivity index (χ1) is 16.6. The third kappa shape index (κ3) is 9.67. The number of nitrogens with one attached hydrogen (secondary N) is 2.